The summed E-state index contributed by atoms with van der Waals surface area (Å²) in [5, 5.41) is 6.60. The summed E-state index contributed by atoms with van der Waals surface area (Å²) in [7, 11) is 0. The molecular formula is C15H15ClN2O5. The van der Waals surface area contributed by atoms with E-state index in [1.807, 2.05) is 0 Å². The molecule has 0 radical (unpaired) electrons. The van der Waals surface area contributed by atoms with Gasteiger partial charge in [0.05, 0.1) is 0 Å². The first-order valence-corrected chi connectivity index (χ1v) is 7.14. The Kier molecular flexibility index (Phi) is 5.59. The zero-order valence-corrected chi connectivity index (χ0v) is 13.3. The van der Waals surface area contributed by atoms with Gasteiger partial charge in [-0.1, -0.05) is 16.8 Å². The van der Waals surface area contributed by atoms with Gasteiger partial charge in [0.1, 0.15) is 11.5 Å². The number of anilines is 1. The molecule has 1 atom stereocenters. The Labute approximate surface area is 137 Å². The molecule has 0 bridgehead atoms. The second-order valence-corrected chi connectivity index (χ2v) is 5.13. The number of esters is 1. The van der Waals surface area contributed by atoms with Gasteiger partial charge in [-0.25, -0.2) is 4.79 Å². The highest BCUT2D eigenvalue weighted by Crippen LogP contribution is 2.17. The van der Waals surface area contributed by atoms with Gasteiger partial charge in [-0.15, -0.1) is 0 Å². The second-order valence-electron chi connectivity index (χ2n) is 4.69. The Morgan fingerprint density at radius 1 is 1.35 bits per heavy atom. The van der Waals surface area contributed by atoms with Crippen LogP contribution in [0.4, 0.5) is 5.82 Å². The Hall–Kier alpha value is -2.54. The third kappa shape index (κ3) is 5.30. The van der Waals surface area contributed by atoms with Crippen molar-refractivity contribution in [1.82, 2.24) is 5.16 Å². The maximum absolute atomic E-state index is 11.8. The Morgan fingerprint density at radius 3 is 2.65 bits per heavy atom. The summed E-state index contributed by atoms with van der Waals surface area (Å²) in [5.74, 6) is 0.106. The molecule has 0 aliphatic rings. The molecule has 0 saturated heterocycles. The molecule has 1 aromatic carbocycles. The monoisotopic (exact) mass is 338 g/mol. The third-order valence-electron chi connectivity index (χ3n) is 2.70. The first-order chi connectivity index (χ1) is 10.9. The van der Waals surface area contributed by atoms with Crippen LogP contribution in [-0.2, 0) is 14.3 Å². The standard InChI is InChI=1S/C15H15ClN2O5/c1-9-7-13(18-23-9)17-14(19)8-21-15(20)10(2)22-12-5-3-11(16)4-6-12/h3-7,10H,8H2,1-2H3,(H,17,18,19)/t10-/m1/s1. The summed E-state index contributed by atoms with van der Waals surface area (Å²) in [6, 6.07) is 8.09. The maximum Gasteiger partial charge on any atom is 0.347 e. The molecule has 0 unspecified atom stereocenters. The normalized spacial score (nSPS) is 11.6. The zero-order chi connectivity index (χ0) is 16.8. The van der Waals surface area contributed by atoms with Gasteiger partial charge < -0.3 is 19.3 Å². The number of ether oxygens (including phenoxy) is 2. The molecule has 7 nitrogen and oxygen atoms in total. The van der Waals surface area contributed by atoms with E-state index in [9.17, 15) is 9.59 Å². The van der Waals surface area contributed by atoms with Crippen molar-refractivity contribution in [2.24, 2.45) is 0 Å². The number of benzene rings is 1. The van der Waals surface area contributed by atoms with Crippen LogP contribution in [0.3, 0.4) is 0 Å². The van der Waals surface area contributed by atoms with E-state index < -0.39 is 24.6 Å². The van der Waals surface area contributed by atoms with E-state index in [-0.39, 0.29) is 5.82 Å². The van der Waals surface area contributed by atoms with Gasteiger partial charge in [0.2, 0.25) is 0 Å². The molecule has 0 saturated carbocycles. The Bertz CT molecular complexity index is 683. The summed E-state index contributed by atoms with van der Waals surface area (Å²) >= 11 is 5.76. The van der Waals surface area contributed by atoms with Crippen molar-refractivity contribution in [3.05, 3.63) is 41.1 Å². The predicted molar refractivity (Wildman–Crippen MR) is 82.4 cm³/mol. The van der Waals surface area contributed by atoms with E-state index in [2.05, 4.69) is 10.5 Å². The minimum absolute atomic E-state index is 0.258. The predicted octanol–water partition coefficient (Wildman–Crippen LogP) is 2.59. The van der Waals surface area contributed by atoms with Gasteiger partial charge >= 0.3 is 5.97 Å². The van der Waals surface area contributed by atoms with Crippen molar-refractivity contribution >= 4 is 29.3 Å². The number of aryl methyl sites for hydroxylation is 1. The minimum atomic E-state index is -0.863. The van der Waals surface area contributed by atoms with E-state index in [0.29, 0.717) is 16.5 Å². The summed E-state index contributed by atoms with van der Waals surface area (Å²) < 4.78 is 15.1. The van der Waals surface area contributed by atoms with Crippen molar-refractivity contribution in [3.63, 3.8) is 0 Å². The van der Waals surface area contributed by atoms with Crippen LogP contribution < -0.4 is 10.1 Å². The molecule has 23 heavy (non-hydrogen) atoms. The summed E-state index contributed by atoms with van der Waals surface area (Å²) in [5.41, 5.74) is 0. The molecule has 2 rings (SSSR count). The smallest absolute Gasteiger partial charge is 0.347 e. The summed E-state index contributed by atoms with van der Waals surface area (Å²) in [6.45, 7) is 2.77. The molecule has 0 aliphatic heterocycles. The van der Waals surface area contributed by atoms with E-state index in [1.165, 1.54) is 6.92 Å². The maximum atomic E-state index is 11.8. The topological polar surface area (TPSA) is 90.7 Å². The Morgan fingerprint density at radius 2 is 2.04 bits per heavy atom. The third-order valence-corrected chi connectivity index (χ3v) is 2.95. The first-order valence-electron chi connectivity index (χ1n) is 6.76. The second kappa shape index (κ2) is 7.64. The molecule has 2 aromatic rings. The molecular weight excluding hydrogens is 324 g/mol. The number of halogens is 1. The van der Waals surface area contributed by atoms with Crippen molar-refractivity contribution in [2.45, 2.75) is 20.0 Å². The largest absolute Gasteiger partial charge is 0.479 e. The fourth-order valence-electron chi connectivity index (χ4n) is 1.62. The van der Waals surface area contributed by atoms with Crippen LogP contribution in [0.1, 0.15) is 12.7 Å². The van der Waals surface area contributed by atoms with Crippen molar-refractivity contribution < 1.29 is 23.6 Å². The quantitative estimate of drug-likeness (QED) is 0.814. The average Bonchev–Trinajstić information content (AvgIpc) is 2.92. The fraction of sp³-hybridized carbons (Fsp3) is 0.267. The molecule has 0 aliphatic carbocycles. The SMILES string of the molecule is Cc1cc(NC(=O)COC(=O)[C@@H](C)Oc2ccc(Cl)cc2)no1. The highest BCUT2D eigenvalue weighted by molar-refractivity contribution is 6.30. The van der Waals surface area contributed by atoms with E-state index in [4.69, 9.17) is 25.6 Å². The number of rotatable bonds is 6. The number of nitrogens with zero attached hydrogens (tertiary/aromatic N) is 1. The van der Waals surface area contributed by atoms with E-state index >= 15 is 0 Å². The van der Waals surface area contributed by atoms with Gasteiger partial charge in [0.25, 0.3) is 5.91 Å². The molecule has 8 heteroatoms. The molecule has 0 fully saturated rings. The van der Waals surface area contributed by atoms with E-state index in [0.717, 1.165) is 0 Å². The van der Waals surface area contributed by atoms with Crippen LogP contribution in [0.5, 0.6) is 5.75 Å². The van der Waals surface area contributed by atoms with Crippen LogP contribution in [0.2, 0.25) is 5.02 Å². The highest BCUT2D eigenvalue weighted by atomic mass is 35.5. The first kappa shape index (κ1) is 16.8. The number of carbonyl (C=O) groups is 2. The van der Waals surface area contributed by atoms with Crippen LogP contribution in [0, 0.1) is 6.92 Å². The van der Waals surface area contributed by atoms with Crippen molar-refractivity contribution in [3.8, 4) is 5.75 Å². The molecule has 0 spiro atoms. The van der Waals surface area contributed by atoms with Crippen molar-refractivity contribution in [1.29, 1.82) is 0 Å². The number of hydrogen-bond donors (Lipinski definition) is 1. The van der Waals surface area contributed by atoms with Gasteiger partial charge in [0.15, 0.2) is 18.5 Å². The Balaban J connectivity index is 1.77. The lowest BCUT2D eigenvalue weighted by Crippen LogP contribution is -2.29. The van der Waals surface area contributed by atoms with Gasteiger partial charge in [0, 0.05) is 11.1 Å². The number of amides is 1. The minimum Gasteiger partial charge on any atom is -0.479 e. The lowest BCUT2D eigenvalue weighted by Gasteiger charge is -2.13. The number of carbonyl (C=O) groups excluding carboxylic acids is 2. The molecule has 1 N–H and O–H groups in total. The van der Waals surface area contributed by atoms with Gasteiger partial charge in [-0.3, -0.25) is 4.79 Å². The zero-order valence-electron chi connectivity index (χ0n) is 12.5. The molecule has 122 valence electrons. The van der Waals surface area contributed by atoms with Gasteiger partial charge in [-0.2, -0.15) is 0 Å². The molecule has 1 aromatic heterocycles. The lowest BCUT2D eigenvalue weighted by atomic mass is 10.3. The fourth-order valence-corrected chi connectivity index (χ4v) is 1.75. The van der Waals surface area contributed by atoms with E-state index in [1.54, 1.807) is 37.3 Å². The summed E-state index contributed by atoms with van der Waals surface area (Å²) in [6.07, 6.45) is -0.863. The number of hydrogen-bond acceptors (Lipinski definition) is 6. The number of aromatic nitrogens is 1. The van der Waals surface area contributed by atoms with Gasteiger partial charge in [-0.05, 0) is 38.1 Å². The highest BCUT2D eigenvalue weighted by Gasteiger charge is 2.18. The lowest BCUT2D eigenvalue weighted by molar-refractivity contribution is -0.153. The van der Waals surface area contributed by atoms with Crippen LogP contribution in [0.15, 0.2) is 34.9 Å². The summed E-state index contributed by atoms with van der Waals surface area (Å²) in [4.78, 5) is 23.4. The van der Waals surface area contributed by atoms with Crippen molar-refractivity contribution in [2.75, 3.05) is 11.9 Å². The van der Waals surface area contributed by atoms with Crippen LogP contribution in [-0.4, -0.2) is 29.7 Å². The van der Waals surface area contributed by atoms with Crippen LogP contribution in [0.25, 0.3) is 0 Å². The molecule has 1 amide bonds. The van der Waals surface area contributed by atoms with Crippen LogP contribution >= 0.6 is 11.6 Å². The average molecular weight is 339 g/mol. The number of nitrogens with one attached hydrogen (secondary N) is 1. The molecule has 1 heterocycles.